The molecule has 1 saturated heterocycles. The monoisotopic (exact) mass is 343 g/mol. The number of carbonyl (C=O) groups excluding carboxylic acids is 2. The van der Waals surface area contributed by atoms with Crippen molar-refractivity contribution in [3.8, 4) is 0 Å². The van der Waals surface area contributed by atoms with E-state index in [4.69, 9.17) is 0 Å². The zero-order valence-electron chi connectivity index (χ0n) is 15.4. The highest BCUT2D eigenvalue weighted by Gasteiger charge is 2.51. The molecule has 0 unspecified atom stereocenters. The highest BCUT2D eigenvalue weighted by atomic mass is 16.2. The summed E-state index contributed by atoms with van der Waals surface area (Å²) in [5.41, 5.74) is 1.08. The van der Waals surface area contributed by atoms with Crippen LogP contribution in [0.5, 0.6) is 0 Å². The van der Waals surface area contributed by atoms with Crippen LogP contribution in [0.1, 0.15) is 39.2 Å². The number of urea groups is 1. The number of carbonyl (C=O) groups is 2. The van der Waals surface area contributed by atoms with Crippen molar-refractivity contribution in [3.63, 3.8) is 0 Å². The lowest BCUT2D eigenvalue weighted by Gasteiger charge is -2.28. The van der Waals surface area contributed by atoms with Gasteiger partial charge < -0.3 is 15.5 Å². The first-order valence-electron chi connectivity index (χ1n) is 9.34. The Bertz CT molecular complexity index is 617. The molecule has 2 N–H and O–H groups in total. The zero-order chi connectivity index (χ0) is 18.0. The van der Waals surface area contributed by atoms with Crippen LogP contribution in [0.25, 0.3) is 0 Å². The van der Waals surface area contributed by atoms with Gasteiger partial charge in [0, 0.05) is 31.6 Å². The van der Waals surface area contributed by atoms with Crippen LogP contribution in [-0.4, -0.2) is 35.5 Å². The van der Waals surface area contributed by atoms with E-state index in [2.05, 4.69) is 36.3 Å². The van der Waals surface area contributed by atoms with Crippen LogP contribution in [0.15, 0.2) is 30.3 Å². The molecule has 5 nitrogen and oxygen atoms in total. The average Bonchev–Trinajstić information content (AvgIpc) is 3.04. The quantitative estimate of drug-likeness (QED) is 0.863. The minimum Gasteiger partial charge on any atom is -0.338 e. The maximum atomic E-state index is 12.3. The molecule has 25 heavy (non-hydrogen) atoms. The summed E-state index contributed by atoms with van der Waals surface area (Å²) >= 11 is 0. The Kier molecular flexibility index (Phi) is 5.30. The second-order valence-corrected chi connectivity index (χ2v) is 7.76. The summed E-state index contributed by atoms with van der Waals surface area (Å²) in [4.78, 5) is 26.5. The lowest BCUT2D eigenvalue weighted by atomic mass is 9.88. The van der Waals surface area contributed by atoms with Crippen LogP contribution in [0, 0.1) is 17.8 Å². The summed E-state index contributed by atoms with van der Waals surface area (Å²) in [5.74, 6) is 1.55. The third-order valence-corrected chi connectivity index (χ3v) is 5.79. The lowest BCUT2D eigenvalue weighted by Crippen LogP contribution is -2.40. The highest BCUT2D eigenvalue weighted by Crippen LogP contribution is 2.46. The summed E-state index contributed by atoms with van der Waals surface area (Å²) in [7, 11) is 0. The van der Waals surface area contributed by atoms with Crippen molar-refractivity contribution in [1.29, 1.82) is 0 Å². The van der Waals surface area contributed by atoms with Gasteiger partial charge in [-0.05, 0) is 43.6 Å². The Balaban J connectivity index is 1.51. The van der Waals surface area contributed by atoms with Gasteiger partial charge in [-0.1, -0.05) is 37.3 Å². The minimum absolute atomic E-state index is 0.135. The van der Waals surface area contributed by atoms with Gasteiger partial charge in [0.05, 0.1) is 0 Å². The van der Waals surface area contributed by atoms with Gasteiger partial charge in [0.2, 0.25) is 5.91 Å². The van der Waals surface area contributed by atoms with Gasteiger partial charge in [0.1, 0.15) is 0 Å². The van der Waals surface area contributed by atoms with Crippen LogP contribution in [0.3, 0.4) is 0 Å². The highest BCUT2D eigenvalue weighted by molar-refractivity contribution is 5.80. The van der Waals surface area contributed by atoms with Gasteiger partial charge in [-0.25, -0.2) is 4.79 Å². The van der Waals surface area contributed by atoms with Crippen LogP contribution >= 0.6 is 0 Å². The first-order valence-corrected chi connectivity index (χ1v) is 9.34. The van der Waals surface area contributed by atoms with Crippen LogP contribution in [0.4, 0.5) is 4.79 Å². The first-order chi connectivity index (χ1) is 12.0. The van der Waals surface area contributed by atoms with Gasteiger partial charge in [-0.15, -0.1) is 0 Å². The third-order valence-electron chi connectivity index (χ3n) is 5.79. The van der Waals surface area contributed by atoms with E-state index in [-0.39, 0.29) is 18.0 Å². The number of hydrogen-bond acceptors (Lipinski definition) is 2. The number of nitrogens with zero attached hydrogens (tertiary/aromatic N) is 1. The van der Waals surface area contributed by atoms with E-state index in [0.29, 0.717) is 43.3 Å². The molecule has 2 fully saturated rings. The summed E-state index contributed by atoms with van der Waals surface area (Å²) in [6.07, 6.45) is 1.68. The fourth-order valence-corrected chi connectivity index (χ4v) is 4.61. The fraction of sp³-hybridized carbons (Fsp3) is 0.600. The Morgan fingerprint density at radius 3 is 2.64 bits per heavy atom. The first kappa shape index (κ1) is 17.8. The molecule has 1 heterocycles. The lowest BCUT2D eigenvalue weighted by molar-refractivity contribution is -0.130. The molecule has 0 bridgehead atoms. The molecule has 1 aliphatic heterocycles. The molecule has 1 aliphatic carbocycles. The van der Waals surface area contributed by atoms with E-state index in [0.717, 1.165) is 12.0 Å². The third kappa shape index (κ3) is 3.80. The Hall–Kier alpha value is -2.04. The smallest absolute Gasteiger partial charge is 0.315 e. The van der Waals surface area contributed by atoms with E-state index in [1.165, 1.54) is 0 Å². The molecular formula is C20H29N3O2. The second kappa shape index (κ2) is 7.46. The van der Waals surface area contributed by atoms with Gasteiger partial charge in [-0.2, -0.15) is 0 Å². The topological polar surface area (TPSA) is 61.4 Å². The van der Waals surface area contributed by atoms with Crippen molar-refractivity contribution < 1.29 is 9.59 Å². The van der Waals surface area contributed by atoms with Crippen molar-refractivity contribution in [2.75, 3.05) is 6.54 Å². The van der Waals surface area contributed by atoms with Crippen molar-refractivity contribution in [2.45, 2.75) is 52.2 Å². The number of fused-ring (bicyclic) bond motifs is 1. The van der Waals surface area contributed by atoms with E-state index >= 15 is 0 Å². The molecule has 1 aromatic carbocycles. The summed E-state index contributed by atoms with van der Waals surface area (Å²) in [6.45, 7) is 7.59. The zero-order valence-corrected chi connectivity index (χ0v) is 15.4. The Labute approximate surface area is 150 Å². The molecule has 1 aromatic rings. The summed E-state index contributed by atoms with van der Waals surface area (Å²) in [6, 6.07) is 10.4. The Morgan fingerprint density at radius 2 is 1.96 bits per heavy atom. The van der Waals surface area contributed by atoms with Crippen LogP contribution < -0.4 is 10.6 Å². The number of nitrogens with one attached hydrogen (secondary N) is 2. The molecule has 4 atom stereocenters. The van der Waals surface area contributed by atoms with Gasteiger partial charge in [-0.3, -0.25) is 4.79 Å². The summed E-state index contributed by atoms with van der Waals surface area (Å²) in [5, 5.41) is 5.92. The van der Waals surface area contributed by atoms with E-state index in [1.54, 1.807) is 0 Å². The average molecular weight is 343 g/mol. The van der Waals surface area contributed by atoms with Crippen molar-refractivity contribution in [2.24, 2.45) is 17.8 Å². The molecule has 2 aliphatic rings. The molecule has 136 valence electrons. The van der Waals surface area contributed by atoms with Gasteiger partial charge in [0.15, 0.2) is 0 Å². The maximum Gasteiger partial charge on any atom is 0.315 e. The largest absolute Gasteiger partial charge is 0.338 e. The predicted molar refractivity (Wildman–Crippen MR) is 97.8 cm³/mol. The van der Waals surface area contributed by atoms with Crippen LogP contribution in [-0.2, 0) is 11.3 Å². The van der Waals surface area contributed by atoms with Gasteiger partial charge in [0.25, 0.3) is 0 Å². The molecule has 3 amide bonds. The number of benzene rings is 1. The molecular weight excluding hydrogens is 314 g/mol. The predicted octanol–water partition coefficient (Wildman–Crippen LogP) is 2.77. The number of rotatable bonds is 5. The van der Waals surface area contributed by atoms with Crippen molar-refractivity contribution in [1.82, 2.24) is 15.5 Å². The minimum atomic E-state index is -0.135. The maximum absolute atomic E-state index is 12.3. The standard InChI is InChI=1S/C20H29N3O2/c1-13(2)23-18-9-14(3)17(16(18)10-19(23)24)12-22-20(25)21-11-15-7-5-4-6-8-15/h4-8,13-14,16-18H,9-12H2,1-3H3,(H2,21,22,25)/t14-,16-,17+,18+/m0/s1. The fourth-order valence-electron chi connectivity index (χ4n) is 4.61. The number of hydrogen-bond donors (Lipinski definition) is 2. The molecule has 0 aromatic heterocycles. The normalized spacial score (nSPS) is 28.3. The molecule has 0 spiro atoms. The number of amides is 3. The molecule has 1 saturated carbocycles. The van der Waals surface area contributed by atoms with E-state index in [1.807, 2.05) is 30.3 Å². The molecule has 3 rings (SSSR count). The van der Waals surface area contributed by atoms with E-state index in [9.17, 15) is 9.59 Å². The Morgan fingerprint density at radius 1 is 1.24 bits per heavy atom. The molecule has 5 heteroatoms. The second-order valence-electron chi connectivity index (χ2n) is 7.76. The SMILES string of the molecule is CC(C)N1C(=O)C[C@H]2[C@H](CNC(=O)NCc3ccccc3)[C@@H](C)C[C@H]21. The van der Waals surface area contributed by atoms with Crippen LogP contribution in [0.2, 0.25) is 0 Å². The van der Waals surface area contributed by atoms with Crippen molar-refractivity contribution in [3.05, 3.63) is 35.9 Å². The van der Waals surface area contributed by atoms with Crippen molar-refractivity contribution >= 4 is 11.9 Å². The van der Waals surface area contributed by atoms with Gasteiger partial charge >= 0.3 is 6.03 Å². The number of likely N-dealkylation sites (tertiary alicyclic amines) is 1. The van der Waals surface area contributed by atoms with E-state index < -0.39 is 0 Å². The summed E-state index contributed by atoms with van der Waals surface area (Å²) < 4.78 is 0. The molecule has 0 radical (unpaired) electrons.